The van der Waals surface area contributed by atoms with Crippen LogP contribution in [0.2, 0.25) is 0 Å². The molecule has 2 heterocycles. The Bertz CT molecular complexity index is 467. The molecule has 0 aromatic carbocycles. The van der Waals surface area contributed by atoms with Crippen LogP contribution in [0.25, 0.3) is 0 Å². The maximum absolute atomic E-state index is 5.08. The smallest absolute Gasteiger partial charge is 0.202 e. The van der Waals surface area contributed by atoms with Gasteiger partial charge in [0, 0.05) is 50.0 Å². The summed E-state index contributed by atoms with van der Waals surface area (Å²) in [5, 5.41) is 5.59. The number of thiophene rings is 1. The van der Waals surface area contributed by atoms with E-state index in [9.17, 15) is 0 Å². The quantitative estimate of drug-likeness (QED) is 0.755. The third-order valence-electron chi connectivity index (χ3n) is 2.93. The number of ether oxygens (including phenoxy) is 1. The van der Waals surface area contributed by atoms with Crippen LogP contribution >= 0.6 is 11.3 Å². The van der Waals surface area contributed by atoms with Crippen molar-refractivity contribution in [1.29, 1.82) is 0 Å². The van der Waals surface area contributed by atoms with Crippen LogP contribution in [-0.4, -0.2) is 29.3 Å². The molecule has 0 spiro atoms. The normalized spacial score (nSPS) is 12.5. The van der Waals surface area contributed by atoms with Crippen LogP contribution in [0.1, 0.15) is 18.2 Å². The van der Waals surface area contributed by atoms with Crippen molar-refractivity contribution >= 4 is 17.3 Å². The molecule has 0 saturated carbocycles. The van der Waals surface area contributed by atoms with Crippen LogP contribution in [0.15, 0.2) is 29.9 Å². The van der Waals surface area contributed by atoms with E-state index in [1.54, 1.807) is 18.4 Å². The lowest BCUT2D eigenvalue weighted by Crippen LogP contribution is -2.20. The Morgan fingerprint density at radius 2 is 2.42 bits per heavy atom. The maximum Gasteiger partial charge on any atom is 0.202 e. The van der Waals surface area contributed by atoms with Gasteiger partial charge in [-0.3, -0.25) is 0 Å². The van der Waals surface area contributed by atoms with E-state index in [-0.39, 0.29) is 0 Å². The lowest BCUT2D eigenvalue weighted by molar-refractivity contribution is 0.190. The number of hydrogen-bond donors (Lipinski definition) is 1. The summed E-state index contributed by atoms with van der Waals surface area (Å²) in [4.78, 5) is 5.78. The van der Waals surface area contributed by atoms with Crippen molar-refractivity contribution in [3.05, 3.63) is 34.8 Å². The van der Waals surface area contributed by atoms with Crippen molar-refractivity contribution in [2.75, 3.05) is 19.0 Å². The first-order valence-corrected chi connectivity index (χ1v) is 7.46. The maximum atomic E-state index is 5.08. The molecule has 0 aliphatic heterocycles. The number of imidazole rings is 1. The van der Waals surface area contributed by atoms with Gasteiger partial charge in [0.2, 0.25) is 5.95 Å². The van der Waals surface area contributed by atoms with E-state index in [0.29, 0.717) is 6.04 Å². The highest BCUT2D eigenvalue weighted by Crippen LogP contribution is 2.14. The van der Waals surface area contributed by atoms with Crippen LogP contribution in [0.5, 0.6) is 0 Å². The monoisotopic (exact) mass is 279 g/mol. The van der Waals surface area contributed by atoms with Gasteiger partial charge in [-0.25, -0.2) is 4.98 Å². The van der Waals surface area contributed by atoms with Crippen LogP contribution in [-0.2, 0) is 17.7 Å². The topological polar surface area (TPSA) is 39.1 Å². The van der Waals surface area contributed by atoms with Crippen molar-refractivity contribution in [2.24, 2.45) is 0 Å². The fraction of sp³-hybridized carbons (Fsp3) is 0.500. The Morgan fingerprint density at radius 1 is 1.53 bits per heavy atom. The minimum atomic E-state index is 0.377. The molecule has 104 valence electrons. The summed E-state index contributed by atoms with van der Waals surface area (Å²) < 4.78 is 7.22. The van der Waals surface area contributed by atoms with Gasteiger partial charge in [-0.1, -0.05) is 6.07 Å². The Morgan fingerprint density at radius 3 is 3.16 bits per heavy atom. The Kier molecular flexibility index (Phi) is 5.42. The molecular formula is C14H21N3OS. The summed E-state index contributed by atoms with van der Waals surface area (Å²) in [5.74, 6) is 0.945. The Labute approximate surface area is 118 Å². The van der Waals surface area contributed by atoms with Crippen molar-refractivity contribution < 1.29 is 4.74 Å². The SMILES string of the molecule is COCCCn1ccnc1NC(C)Cc1cccs1. The number of aromatic nitrogens is 2. The van der Waals surface area contributed by atoms with Gasteiger partial charge in [-0.2, -0.15) is 0 Å². The fourth-order valence-electron chi connectivity index (χ4n) is 2.01. The number of hydrogen-bond acceptors (Lipinski definition) is 4. The first-order chi connectivity index (χ1) is 9.29. The molecule has 1 unspecified atom stereocenters. The van der Waals surface area contributed by atoms with Gasteiger partial charge < -0.3 is 14.6 Å². The van der Waals surface area contributed by atoms with Crippen LogP contribution in [0, 0.1) is 0 Å². The summed E-state index contributed by atoms with van der Waals surface area (Å²) in [7, 11) is 1.73. The highest BCUT2D eigenvalue weighted by atomic mass is 32.1. The fourth-order valence-corrected chi connectivity index (χ4v) is 2.85. The molecule has 0 radical (unpaired) electrons. The van der Waals surface area contributed by atoms with Crippen molar-refractivity contribution in [3.8, 4) is 0 Å². The van der Waals surface area contributed by atoms with Gasteiger partial charge in [0.05, 0.1) is 0 Å². The van der Waals surface area contributed by atoms with Crippen molar-refractivity contribution in [1.82, 2.24) is 9.55 Å². The zero-order chi connectivity index (χ0) is 13.5. The van der Waals surface area contributed by atoms with E-state index in [2.05, 4.69) is 39.3 Å². The molecule has 4 nitrogen and oxygen atoms in total. The second-order valence-electron chi connectivity index (χ2n) is 4.62. The molecule has 0 fully saturated rings. The van der Waals surface area contributed by atoms with Gasteiger partial charge in [0.1, 0.15) is 0 Å². The summed E-state index contributed by atoms with van der Waals surface area (Å²) in [5.41, 5.74) is 0. The molecule has 1 N–H and O–H groups in total. The van der Waals surface area contributed by atoms with E-state index >= 15 is 0 Å². The van der Waals surface area contributed by atoms with Crippen LogP contribution in [0.4, 0.5) is 5.95 Å². The molecule has 0 aliphatic rings. The number of aryl methyl sites for hydroxylation is 1. The largest absolute Gasteiger partial charge is 0.385 e. The van der Waals surface area contributed by atoms with Gasteiger partial charge in [-0.15, -0.1) is 11.3 Å². The first-order valence-electron chi connectivity index (χ1n) is 6.58. The van der Waals surface area contributed by atoms with E-state index in [1.165, 1.54) is 4.88 Å². The molecule has 1 atom stereocenters. The summed E-state index contributed by atoms with van der Waals surface area (Å²) in [6.07, 6.45) is 5.88. The second kappa shape index (κ2) is 7.31. The van der Waals surface area contributed by atoms with Gasteiger partial charge >= 0.3 is 0 Å². The van der Waals surface area contributed by atoms with Crippen LogP contribution < -0.4 is 5.32 Å². The number of anilines is 1. The highest BCUT2D eigenvalue weighted by molar-refractivity contribution is 7.09. The zero-order valence-corrected chi connectivity index (χ0v) is 12.3. The molecular weight excluding hydrogens is 258 g/mol. The third-order valence-corrected chi connectivity index (χ3v) is 3.82. The number of nitrogens with zero attached hydrogens (tertiary/aromatic N) is 2. The number of nitrogens with one attached hydrogen (secondary N) is 1. The molecule has 0 bridgehead atoms. The molecule has 19 heavy (non-hydrogen) atoms. The molecule has 2 rings (SSSR count). The average Bonchev–Trinajstić information content (AvgIpc) is 3.02. The van der Waals surface area contributed by atoms with Gasteiger partial charge in [0.25, 0.3) is 0 Å². The standard InChI is InChI=1S/C14H21N3OS/c1-12(11-13-5-3-10-19-13)16-14-15-6-8-17(14)7-4-9-18-2/h3,5-6,8,10,12H,4,7,9,11H2,1-2H3,(H,15,16). The second-order valence-corrected chi connectivity index (χ2v) is 5.65. The molecule has 0 amide bonds. The van der Waals surface area contributed by atoms with E-state index < -0.39 is 0 Å². The predicted octanol–water partition coefficient (Wildman–Crippen LogP) is 3.02. The Hall–Kier alpha value is -1.33. The van der Waals surface area contributed by atoms with E-state index in [0.717, 1.165) is 31.9 Å². The molecule has 0 saturated heterocycles. The van der Waals surface area contributed by atoms with Gasteiger partial charge in [-0.05, 0) is 24.8 Å². The highest BCUT2D eigenvalue weighted by Gasteiger charge is 2.08. The van der Waals surface area contributed by atoms with E-state index in [4.69, 9.17) is 4.74 Å². The molecule has 2 aromatic heterocycles. The summed E-state index contributed by atoms with van der Waals surface area (Å²) in [6, 6.07) is 4.65. The third kappa shape index (κ3) is 4.36. The Balaban J connectivity index is 1.86. The van der Waals surface area contributed by atoms with E-state index in [1.807, 2.05) is 12.4 Å². The van der Waals surface area contributed by atoms with Gasteiger partial charge in [0.15, 0.2) is 0 Å². The minimum Gasteiger partial charge on any atom is -0.385 e. The molecule has 2 aromatic rings. The predicted molar refractivity (Wildman–Crippen MR) is 79.8 cm³/mol. The molecule has 0 aliphatic carbocycles. The lowest BCUT2D eigenvalue weighted by atomic mass is 10.2. The number of methoxy groups -OCH3 is 1. The minimum absolute atomic E-state index is 0.377. The summed E-state index contributed by atoms with van der Waals surface area (Å²) >= 11 is 1.80. The zero-order valence-electron chi connectivity index (χ0n) is 11.5. The molecule has 5 heteroatoms. The lowest BCUT2D eigenvalue weighted by Gasteiger charge is -2.15. The first kappa shape index (κ1) is 14.1. The van der Waals surface area contributed by atoms with Crippen molar-refractivity contribution in [2.45, 2.75) is 32.4 Å². The average molecular weight is 279 g/mol. The van der Waals surface area contributed by atoms with Crippen LogP contribution in [0.3, 0.4) is 0 Å². The summed E-state index contributed by atoms with van der Waals surface area (Å²) in [6.45, 7) is 3.90. The number of rotatable bonds is 8. The van der Waals surface area contributed by atoms with Crippen molar-refractivity contribution in [3.63, 3.8) is 0 Å².